The van der Waals surface area contributed by atoms with E-state index in [1.54, 1.807) is 0 Å². The Labute approximate surface area is 353 Å². The first-order valence-corrected chi connectivity index (χ1v) is 20.2. The second-order valence-electron chi connectivity index (χ2n) is 18.6. The minimum atomic E-state index is -3.51. The molecule has 8 saturated carbocycles. The fraction of sp³-hybridized carbons (Fsp3) is 0.926. The fourth-order valence-corrected chi connectivity index (χ4v) is 12.8. The molecule has 8 aliphatic carbocycles. The van der Waals surface area contributed by atoms with Gasteiger partial charge in [0.1, 0.15) is 17.8 Å². The van der Waals surface area contributed by atoms with E-state index in [0.717, 1.165) is 51.4 Å². The molecule has 6 nitrogen and oxygen atoms in total. The first-order chi connectivity index (χ1) is 25.9. The van der Waals surface area contributed by atoms with Crippen LogP contribution in [-0.4, -0.2) is 202 Å². The summed E-state index contributed by atoms with van der Waals surface area (Å²) in [7, 11) is 64.8. The molecule has 4 unspecified atom stereocenters. The molecule has 8 aliphatic rings. The van der Waals surface area contributed by atoms with E-state index in [-0.39, 0.29) is 24.4 Å². The van der Waals surface area contributed by atoms with Gasteiger partial charge in [0, 0.05) is 175 Å². The van der Waals surface area contributed by atoms with Gasteiger partial charge in [-0.2, -0.15) is 8.78 Å². The van der Waals surface area contributed by atoms with Crippen LogP contribution < -0.4 is 0 Å². The zero-order chi connectivity index (χ0) is 41.8. The topological polar surface area (TPSA) is 82.1 Å². The first kappa shape index (κ1) is 47.1. The van der Waals surface area contributed by atoms with Crippen molar-refractivity contribution in [3.05, 3.63) is 0 Å². The number of halogens is 2. The molecule has 8 rings (SSSR count). The van der Waals surface area contributed by atoms with Crippen LogP contribution in [0.1, 0.15) is 90.9 Å². The third-order valence-corrected chi connectivity index (χ3v) is 14.3. The SMILES string of the molecule is CCC1(OC(=O)C(C)(F)F)C2CC3CC1CC(OCC(=O)OC14CC5CC(CC(O)(C5)C1)C4)(C3)C2.[B][B]B(B([B])[B])B(B(B([B])[B])B([B])[B])B(B([B])[B])B([B])[B]. The Balaban J connectivity index is 0.000000248. The van der Waals surface area contributed by atoms with Crippen LogP contribution in [0.2, 0.25) is 0 Å². The molecule has 8 bridgehead atoms. The lowest BCUT2D eigenvalue weighted by Crippen LogP contribution is -2.81. The van der Waals surface area contributed by atoms with Gasteiger partial charge >= 0.3 is 17.9 Å². The summed E-state index contributed by atoms with van der Waals surface area (Å²) in [6, 6.07) is 0. The number of carbonyl (C=O) groups excluding carboxylic acids is 2. The summed E-state index contributed by atoms with van der Waals surface area (Å²) >= 11 is 0. The highest BCUT2D eigenvalue weighted by Crippen LogP contribution is 2.64. The van der Waals surface area contributed by atoms with E-state index < -0.39 is 91.8 Å². The highest BCUT2D eigenvalue weighted by Gasteiger charge is 2.65. The Hall–Kier alpha value is 0.0836. The van der Waals surface area contributed by atoms with Gasteiger partial charge in [0.25, 0.3) is 0 Å². The van der Waals surface area contributed by atoms with E-state index in [0.29, 0.717) is 50.4 Å². The van der Waals surface area contributed by atoms with Gasteiger partial charge in [-0.15, -0.1) is 0 Å². The molecule has 23 radical (unpaired) electrons. The number of alkyl halides is 2. The maximum Gasteiger partial charge on any atom is 0.377 e. The predicted octanol–water partition coefficient (Wildman–Crippen LogP) is -3.44. The van der Waals surface area contributed by atoms with Crippen LogP contribution >= 0.6 is 0 Å². The number of rotatable bonds is 16. The van der Waals surface area contributed by atoms with E-state index in [4.69, 9.17) is 99.3 Å². The van der Waals surface area contributed by atoms with Crippen molar-refractivity contribution in [1.82, 2.24) is 0 Å². The van der Waals surface area contributed by atoms with Crippen molar-refractivity contribution in [1.29, 1.82) is 0 Å². The molecular weight excluding hydrogens is 685 g/mol. The predicted molar refractivity (Wildman–Crippen MR) is 241 cm³/mol. The van der Waals surface area contributed by atoms with Crippen LogP contribution in [0.25, 0.3) is 0 Å². The van der Waals surface area contributed by atoms with Crippen molar-refractivity contribution in [3.63, 3.8) is 0 Å². The zero-order valence-corrected chi connectivity index (χ0v) is 32.9. The van der Waals surface area contributed by atoms with E-state index in [1.807, 2.05) is 6.92 Å². The molecule has 4 atom stereocenters. The lowest BCUT2D eigenvalue weighted by atomic mass is 8.38. The summed E-state index contributed by atoms with van der Waals surface area (Å²) in [6.45, 7) is 2.37. The van der Waals surface area contributed by atoms with E-state index in [1.165, 1.54) is 7.06 Å². The lowest BCUT2D eigenvalue weighted by Gasteiger charge is -2.64. The summed E-state index contributed by atoms with van der Waals surface area (Å²) in [4.78, 5) is 25.1. The van der Waals surface area contributed by atoms with Gasteiger partial charge < -0.3 is 19.3 Å². The van der Waals surface area contributed by atoms with E-state index in [2.05, 4.69) is 0 Å². The molecule has 0 saturated heterocycles. The second-order valence-corrected chi connectivity index (χ2v) is 18.6. The normalized spacial score (nSPS) is 34.3. The van der Waals surface area contributed by atoms with Crippen LogP contribution in [0.15, 0.2) is 0 Å². The Morgan fingerprint density at radius 2 is 1.20 bits per heavy atom. The van der Waals surface area contributed by atoms with Crippen LogP contribution in [0, 0.1) is 29.6 Å². The number of hydrogen-bond donors (Lipinski definition) is 1. The van der Waals surface area contributed by atoms with Crippen LogP contribution in [-0.2, 0) is 23.8 Å². The number of carbonyl (C=O) groups is 2. The summed E-state index contributed by atoms with van der Waals surface area (Å²) < 4.78 is 45.4. The molecule has 0 amide bonds. The largest absolute Gasteiger partial charge is 0.457 e. The quantitative estimate of drug-likeness (QED) is 0.132. The summed E-state index contributed by atoms with van der Waals surface area (Å²) in [5, 5.41) is 10.9. The van der Waals surface area contributed by atoms with Gasteiger partial charge in [0.2, 0.25) is 0 Å². The minimum absolute atomic E-state index is 0.0431. The third-order valence-electron chi connectivity index (χ3n) is 14.3. The Morgan fingerprint density at radius 1 is 0.714 bits per heavy atom. The number of aliphatic hydroxyl groups is 1. The van der Waals surface area contributed by atoms with Crippen LogP contribution in [0.5, 0.6) is 0 Å². The number of esters is 2. The van der Waals surface area contributed by atoms with Gasteiger partial charge in [0.05, 0.1) is 11.2 Å². The van der Waals surface area contributed by atoms with Gasteiger partial charge in [-0.05, 0) is 88.4 Å². The molecular formula is C27H38B21F2O6. The molecule has 1 N–H and O–H groups in total. The standard InChI is InChI=1S/C27H38F2O6.B21/c1-3-27(35-22(31)23(2,28)29)19-5-16-6-20(27)13-25(9-16,12-19)33-14-21(30)34-26-10-17-4-18(11-26)8-24(32,7-17)15-26;1-12-18(13(2)3)21(19(14(4)5)15(6)7)20(16(8)9)17(10)11/h16-20,32H,3-15H2,1-2H3;. The van der Waals surface area contributed by atoms with Crippen molar-refractivity contribution in [2.24, 2.45) is 29.6 Å². The minimum Gasteiger partial charge on any atom is -0.457 e. The summed E-state index contributed by atoms with van der Waals surface area (Å²) in [5.74, 6) is -4.16. The molecule has 259 valence electrons. The first-order valence-electron chi connectivity index (χ1n) is 20.2. The Kier molecular flexibility index (Phi) is 15.0. The second kappa shape index (κ2) is 17.8. The highest BCUT2D eigenvalue weighted by atomic mass is 19.3. The molecule has 56 heavy (non-hydrogen) atoms. The maximum atomic E-state index is 13.7. The summed E-state index contributed by atoms with van der Waals surface area (Å²) in [5.41, 5.74) is -2.62. The van der Waals surface area contributed by atoms with Crippen molar-refractivity contribution in [3.8, 4) is 0 Å². The van der Waals surface area contributed by atoms with Gasteiger partial charge in [-0.1, -0.05) is 6.92 Å². The third kappa shape index (κ3) is 9.90. The molecule has 0 aliphatic heterocycles. The number of ether oxygens (including phenoxy) is 3. The fourth-order valence-electron chi connectivity index (χ4n) is 12.8. The average molecular weight is 724 g/mol. The van der Waals surface area contributed by atoms with E-state index in [9.17, 15) is 23.5 Å². The molecule has 0 aromatic heterocycles. The van der Waals surface area contributed by atoms with E-state index >= 15 is 0 Å². The van der Waals surface area contributed by atoms with Gasteiger partial charge in [0.15, 0.2) is 0 Å². The molecule has 0 aromatic carbocycles. The van der Waals surface area contributed by atoms with Crippen molar-refractivity contribution in [2.45, 2.75) is 119 Å². The zero-order valence-electron chi connectivity index (χ0n) is 32.9. The van der Waals surface area contributed by atoms with Gasteiger partial charge in [-0.3, -0.25) is 0 Å². The molecule has 29 heteroatoms. The number of hydrogen-bond acceptors (Lipinski definition) is 6. The van der Waals surface area contributed by atoms with Crippen molar-refractivity contribution < 1.29 is 37.7 Å². The van der Waals surface area contributed by atoms with Crippen LogP contribution in [0.4, 0.5) is 8.78 Å². The Bertz CT molecular complexity index is 1330. The summed E-state index contributed by atoms with van der Waals surface area (Å²) in [6.07, 6.45) is 2.44. The Morgan fingerprint density at radius 3 is 1.59 bits per heavy atom. The molecule has 0 aromatic rings. The monoisotopic (exact) mass is 727 g/mol. The lowest BCUT2D eigenvalue weighted by molar-refractivity contribution is -0.264. The molecule has 0 heterocycles. The van der Waals surface area contributed by atoms with Crippen molar-refractivity contribution >= 4 is 162 Å². The highest BCUT2D eigenvalue weighted by molar-refractivity contribution is 8.20. The van der Waals surface area contributed by atoms with Crippen molar-refractivity contribution in [2.75, 3.05) is 6.61 Å². The average Bonchev–Trinajstić information content (AvgIpc) is 3.03. The molecule has 8 fully saturated rings. The van der Waals surface area contributed by atoms with Gasteiger partial charge in [-0.25, -0.2) is 9.59 Å². The van der Waals surface area contributed by atoms with Crippen LogP contribution in [0.3, 0.4) is 0 Å². The smallest absolute Gasteiger partial charge is 0.377 e. The maximum absolute atomic E-state index is 13.7. The molecule has 0 spiro atoms.